The standard InChI is InChI=1S/C12H18N2O3/c1-8-4-5-9(2)10(6-8)17-11(7-16-3)12(15)14-13/h4-6,11H,7,13H2,1-3H3,(H,14,15). The van der Waals surface area contributed by atoms with Gasteiger partial charge in [-0.05, 0) is 31.0 Å². The first kappa shape index (κ1) is 13.5. The van der Waals surface area contributed by atoms with Gasteiger partial charge < -0.3 is 9.47 Å². The minimum Gasteiger partial charge on any atom is -0.478 e. The van der Waals surface area contributed by atoms with E-state index in [0.717, 1.165) is 11.1 Å². The maximum atomic E-state index is 11.5. The summed E-state index contributed by atoms with van der Waals surface area (Å²) in [6, 6.07) is 5.80. The zero-order chi connectivity index (χ0) is 12.8. The van der Waals surface area contributed by atoms with E-state index in [1.165, 1.54) is 7.11 Å². The fourth-order valence-corrected chi connectivity index (χ4v) is 1.40. The van der Waals surface area contributed by atoms with Crippen molar-refractivity contribution in [1.82, 2.24) is 5.43 Å². The third-order valence-corrected chi connectivity index (χ3v) is 2.37. The third kappa shape index (κ3) is 3.72. The Bertz CT molecular complexity index is 393. The molecule has 1 atom stereocenters. The van der Waals surface area contributed by atoms with Crippen LogP contribution in [0.1, 0.15) is 11.1 Å². The molecule has 0 aliphatic rings. The van der Waals surface area contributed by atoms with Crippen LogP contribution in [-0.2, 0) is 9.53 Å². The van der Waals surface area contributed by atoms with Crippen molar-refractivity contribution in [3.05, 3.63) is 29.3 Å². The van der Waals surface area contributed by atoms with E-state index in [1.54, 1.807) is 0 Å². The molecular weight excluding hydrogens is 220 g/mol. The van der Waals surface area contributed by atoms with Gasteiger partial charge in [0.2, 0.25) is 6.10 Å². The molecule has 94 valence electrons. The fourth-order valence-electron chi connectivity index (χ4n) is 1.40. The van der Waals surface area contributed by atoms with E-state index >= 15 is 0 Å². The van der Waals surface area contributed by atoms with Crippen molar-refractivity contribution < 1.29 is 14.3 Å². The molecule has 0 aliphatic heterocycles. The first-order valence-electron chi connectivity index (χ1n) is 5.31. The van der Waals surface area contributed by atoms with Gasteiger partial charge in [-0.3, -0.25) is 10.2 Å². The highest BCUT2D eigenvalue weighted by Gasteiger charge is 2.20. The Labute approximate surface area is 101 Å². The smallest absolute Gasteiger partial charge is 0.277 e. The van der Waals surface area contributed by atoms with E-state index in [2.05, 4.69) is 5.43 Å². The summed E-state index contributed by atoms with van der Waals surface area (Å²) < 4.78 is 10.5. The number of amides is 1. The fraction of sp³-hybridized carbons (Fsp3) is 0.417. The van der Waals surface area contributed by atoms with Crippen molar-refractivity contribution in [2.24, 2.45) is 5.84 Å². The van der Waals surface area contributed by atoms with Gasteiger partial charge in [0.1, 0.15) is 5.75 Å². The van der Waals surface area contributed by atoms with Crippen molar-refractivity contribution >= 4 is 5.91 Å². The number of carbonyl (C=O) groups excluding carboxylic acids is 1. The Morgan fingerprint density at radius 1 is 1.47 bits per heavy atom. The van der Waals surface area contributed by atoms with Gasteiger partial charge in [0.05, 0.1) is 6.61 Å². The molecule has 5 heteroatoms. The molecule has 0 saturated heterocycles. The zero-order valence-electron chi connectivity index (χ0n) is 10.3. The molecule has 1 amide bonds. The molecule has 0 radical (unpaired) electrons. The summed E-state index contributed by atoms with van der Waals surface area (Å²) in [7, 11) is 1.50. The molecule has 0 saturated carbocycles. The summed E-state index contributed by atoms with van der Waals surface area (Å²) in [4.78, 5) is 11.5. The normalized spacial score (nSPS) is 12.0. The van der Waals surface area contributed by atoms with E-state index in [4.69, 9.17) is 15.3 Å². The van der Waals surface area contributed by atoms with E-state index in [0.29, 0.717) is 5.75 Å². The topological polar surface area (TPSA) is 73.6 Å². The van der Waals surface area contributed by atoms with Gasteiger partial charge in [0.25, 0.3) is 5.91 Å². The number of carbonyl (C=O) groups is 1. The number of hydrazine groups is 1. The van der Waals surface area contributed by atoms with Crippen molar-refractivity contribution in [3.63, 3.8) is 0 Å². The second-order valence-corrected chi connectivity index (χ2v) is 3.84. The number of hydrogen-bond donors (Lipinski definition) is 2. The molecule has 1 unspecified atom stereocenters. The molecule has 0 spiro atoms. The highest BCUT2D eigenvalue weighted by atomic mass is 16.5. The van der Waals surface area contributed by atoms with Crippen LogP contribution in [0.15, 0.2) is 18.2 Å². The summed E-state index contributed by atoms with van der Waals surface area (Å²) in [5, 5.41) is 0. The van der Waals surface area contributed by atoms with Crippen LogP contribution in [0.2, 0.25) is 0 Å². The molecule has 5 nitrogen and oxygen atoms in total. The highest BCUT2D eigenvalue weighted by Crippen LogP contribution is 2.20. The van der Waals surface area contributed by atoms with Gasteiger partial charge in [-0.2, -0.15) is 0 Å². The van der Waals surface area contributed by atoms with Crippen LogP contribution >= 0.6 is 0 Å². The lowest BCUT2D eigenvalue weighted by atomic mass is 10.1. The summed E-state index contributed by atoms with van der Waals surface area (Å²) in [5.74, 6) is 5.34. The van der Waals surface area contributed by atoms with Crippen molar-refractivity contribution in [3.8, 4) is 5.75 Å². The van der Waals surface area contributed by atoms with Crippen molar-refractivity contribution in [2.45, 2.75) is 20.0 Å². The summed E-state index contributed by atoms with van der Waals surface area (Å²) >= 11 is 0. The van der Waals surface area contributed by atoms with Crippen LogP contribution in [0.3, 0.4) is 0 Å². The highest BCUT2D eigenvalue weighted by molar-refractivity contribution is 5.80. The number of hydrogen-bond acceptors (Lipinski definition) is 4. The molecular formula is C12H18N2O3. The van der Waals surface area contributed by atoms with Crippen LogP contribution < -0.4 is 16.0 Å². The number of ether oxygens (including phenoxy) is 2. The lowest BCUT2D eigenvalue weighted by Crippen LogP contribution is -2.44. The first-order valence-corrected chi connectivity index (χ1v) is 5.31. The predicted molar refractivity (Wildman–Crippen MR) is 64.5 cm³/mol. The molecule has 3 N–H and O–H groups in total. The van der Waals surface area contributed by atoms with Gasteiger partial charge in [-0.15, -0.1) is 0 Å². The molecule has 0 aliphatic carbocycles. The van der Waals surface area contributed by atoms with Gasteiger partial charge in [-0.1, -0.05) is 12.1 Å². The number of aryl methyl sites for hydroxylation is 2. The Morgan fingerprint density at radius 3 is 2.76 bits per heavy atom. The number of benzene rings is 1. The molecule has 1 aromatic carbocycles. The van der Waals surface area contributed by atoms with E-state index < -0.39 is 12.0 Å². The molecule has 0 fully saturated rings. The van der Waals surface area contributed by atoms with Gasteiger partial charge >= 0.3 is 0 Å². The Kier molecular flexibility index (Phi) is 4.93. The van der Waals surface area contributed by atoms with E-state index in [9.17, 15) is 4.79 Å². The number of rotatable bonds is 5. The molecule has 0 bridgehead atoms. The average molecular weight is 238 g/mol. The Morgan fingerprint density at radius 2 is 2.18 bits per heavy atom. The largest absolute Gasteiger partial charge is 0.478 e. The summed E-state index contributed by atoms with van der Waals surface area (Å²) in [5.41, 5.74) is 4.08. The molecule has 0 aromatic heterocycles. The van der Waals surface area contributed by atoms with Gasteiger partial charge in [0.15, 0.2) is 0 Å². The summed E-state index contributed by atoms with van der Waals surface area (Å²) in [6.45, 7) is 4.02. The molecule has 1 aromatic rings. The SMILES string of the molecule is COCC(Oc1cc(C)ccc1C)C(=O)NN. The third-order valence-electron chi connectivity index (χ3n) is 2.37. The lowest BCUT2D eigenvalue weighted by Gasteiger charge is -2.18. The summed E-state index contributed by atoms with van der Waals surface area (Å²) in [6.07, 6.45) is -0.745. The number of nitrogens with two attached hydrogens (primary N) is 1. The van der Waals surface area contributed by atoms with Crippen molar-refractivity contribution in [1.29, 1.82) is 0 Å². The minimum atomic E-state index is -0.745. The van der Waals surface area contributed by atoms with Crippen LogP contribution in [0.25, 0.3) is 0 Å². The van der Waals surface area contributed by atoms with Crippen molar-refractivity contribution in [2.75, 3.05) is 13.7 Å². The second-order valence-electron chi connectivity index (χ2n) is 3.84. The molecule has 0 heterocycles. The minimum absolute atomic E-state index is 0.149. The Hall–Kier alpha value is -1.59. The monoisotopic (exact) mass is 238 g/mol. The molecule has 1 rings (SSSR count). The quantitative estimate of drug-likeness (QED) is 0.449. The van der Waals surface area contributed by atoms with Crippen LogP contribution in [0.4, 0.5) is 0 Å². The van der Waals surface area contributed by atoms with E-state index in [1.807, 2.05) is 32.0 Å². The maximum absolute atomic E-state index is 11.5. The zero-order valence-corrected chi connectivity index (χ0v) is 10.3. The molecule has 17 heavy (non-hydrogen) atoms. The van der Waals surface area contributed by atoms with Crippen LogP contribution in [-0.4, -0.2) is 25.7 Å². The lowest BCUT2D eigenvalue weighted by molar-refractivity contribution is -0.130. The predicted octanol–water partition coefficient (Wildman–Crippen LogP) is 0.687. The second kappa shape index (κ2) is 6.22. The van der Waals surface area contributed by atoms with Crippen LogP contribution in [0.5, 0.6) is 5.75 Å². The number of methoxy groups -OCH3 is 1. The van der Waals surface area contributed by atoms with Gasteiger partial charge in [0, 0.05) is 7.11 Å². The average Bonchev–Trinajstić information content (AvgIpc) is 2.32. The van der Waals surface area contributed by atoms with Gasteiger partial charge in [-0.25, -0.2) is 5.84 Å². The van der Waals surface area contributed by atoms with E-state index in [-0.39, 0.29) is 6.61 Å². The maximum Gasteiger partial charge on any atom is 0.277 e. The number of nitrogens with one attached hydrogen (secondary N) is 1. The van der Waals surface area contributed by atoms with Crippen LogP contribution in [0, 0.1) is 13.8 Å². The first-order chi connectivity index (χ1) is 8.08. The Balaban J connectivity index is 2.85.